The second-order valence-corrected chi connectivity index (χ2v) is 10.7. The van der Waals surface area contributed by atoms with Gasteiger partial charge in [-0.05, 0) is 49.2 Å². The molecular weight excluding hydrogens is 468 g/mol. The monoisotopic (exact) mass is 500 g/mol. The molecule has 8 nitrogen and oxygen atoms in total. The van der Waals surface area contributed by atoms with Crippen molar-refractivity contribution in [2.24, 2.45) is 5.92 Å². The van der Waals surface area contributed by atoms with E-state index in [0.717, 1.165) is 41.5 Å². The smallest absolute Gasteiger partial charge is 0.268 e. The zero-order valence-electron chi connectivity index (χ0n) is 20.3. The summed E-state index contributed by atoms with van der Waals surface area (Å²) in [6.07, 6.45) is 6.49. The number of carbonyl (C=O) groups is 1. The molecule has 9 heteroatoms. The summed E-state index contributed by atoms with van der Waals surface area (Å²) in [4.78, 5) is 23.4. The number of unbranched alkanes of at least 4 members (excludes halogenated alkanes) is 3. The minimum Gasteiger partial charge on any atom is -0.497 e. The summed E-state index contributed by atoms with van der Waals surface area (Å²) in [5.74, 6) is -0.882. The van der Waals surface area contributed by atoms with Gasteiger partial charge in [-0.2, -0.15) is 0 Å². The van der Waals surface area contributed by atoms with Crippen molar-refractivity contribution >= 4 is 27.2 Å². The van der Waals surface area contributed by atoms with Crippen LogP contribution in [0.1, 0.15) is 56.1 Å². The Balaban J connectivity index is 2.18. The molecule has 0 aliphatic carbocycles. The van der Waals surface area contributed by atoms with Crippen molar-refractivity contribution in [1.29, 1.82) is 0 Å². The highest BCUT2D eigenvalue weighted by atomic mass is 32.2. The SMILES string of the molecule is CCCCCC[C@H](C=O)[C@@H](C[N+](=O)[O-])c1cn(S(=O)(=O)c2ccc(C)cc2)c2ccc(OC)cc12. The van der Waals surface area contributed by atoms with Crippen LogP contribution < -0.4 is 4.74 Å². The lowest BCUT2D eigenvalue weighted by molar-refractivity contribution is -0.484. The first-order valence-corrected chi connectivity index (χ1v) is 13.2. The molecule has 1 aromatic heterocycles. The summed E-state index contributed by atoms with van der Waals surface area (Å²) in [5, 5.41) is 12.2. The molecule has 0 aliphatic heterocycles. The Kier molecular flexibility index (Phi) is 8.67. The Bertz CT molecular complexity index is 1280. The summed E-state index contributed by atoms with van der Waals surface area (Å²) in [5.41, 5.74) is 1.76. The van der Waals surface area contributed by atoms with Crippen LogP contribution >= 0.6 is 0 Å². The summed E-state index contributed by atoms with van der Waals surface area (Å²) in [6, 6.07) is 11.5. The summed E-state index contributed by atoms with van der Waals surface area (Å²) in [7, 11) is -2.48. The summed E-state index contributed by atoms with van der Waals surface area (Å²) in [6.45, 7) is 3.48. The summed E-state index contributed by atoms with van der Waals surface area (Å²) < 4.78 is 33.7. The maximum atomic E-state index is 13.6. The Hall–Kier alpha value is -3.20. The number of aromatic nitrogens is 1. The first kappa shape index (κ1) is 26.4. The van der Waals surface area contributed by atoms with E-state index >= 15 is 0 Å². The van der Waals surface area contributed by atoms with Crippen molar-refractivity contribution in [3.63, 3.8) is 0 Å². The number of hydrogen-bond acceptors (Lipinski definition) is 6. The predicted octanol–water partition coefficient (Wildman–Crippen LogP) is 5.34. The normalized spacial score (nSPS) is 13.5. The van der Waals surface area contributed by atoms with Crippen LogP contribution in [0.5, 0.6) is 5.75 Å². The standard InChI is InChI=1S/C26H32N2O6S/c1-4-5-6-7-8-20(18-29)24(17-28(30)31)25-16-27(26-14-11-21(34-3)15-23(25)26)35(32,33)22-12-9-19(2)10-13-22/h9-16,18,20,24H,4-8,17H2,1-3H3/t20-,24-/m1/s1. The molecule has 1 heterocycles. The molecule has 0 saturated heterocycles. The second kappa shape index (κ2) is 11.5. The van der Waals surface area contributed by atoms with Crippen molar-refractivity contribution < 1.29 is 22.9 Å². The minimum atomic E-state index is -3.98. The second-order valence-electron chi connectivity index (χ2n) is 8.85. The number of nitro groups is 1. The van der Waals surface area contributed by atoms with E-state index in [1.54, 1.807) is 30.3 Å². The fourth-order valence-electron chi connectivity index (χ4n) is 4.44. The van der Waals surface area contributed by atoms with Gasteiger partial charge in [0.15, 0.2) is 0 Å². The van der Waals surface area contributed by atoms with Crippen molar-refractivity contribution in [2.45, 2.75) is 56.8 Å². The van der Waals surface area contributed by atoms with Crippen LogP contribution in [0.25, 0.3) is 10.9 Å². The molecule has 0 bridgehead atoms. The number of hydrogen-bond donors (Lipinski definition) is 0. The average molecular weight is 501 g/mol. The van der Waals surface area contributed by atoms with Crippen LogP contribution in [0, 0.1) is 23.0 Å². The van der Waals surface area contributed by atoms with Gasteiger partial charge in [0.1, 0.15) is 12.0 Å². The number of carbonyl (C=O) groups excluding carboxylic acids is 1. The van der Waals surface area contributed by atoms with Gasteiger partial charge in [0.25, 0.3) is 10.0 Å². The molecule has 0 radical (unpaired) electrons. The molecule has 3 rings (SSSR count). The van der Waals surface area contributed by atoms with Crippen LogP contribution in [-0.4, -0.2) is 37.3 Å². The van der Waals surface area contributed by atoms with E-state index in [1.165, 1.54) is 25.4 Å². The number of aryl methyl sites for hydroxylation is 1. The molecule has 2 atom stereocenters. The topological polar surface area (TPSA) is 109 Å². The van der Waals surface area contributed by atoms with Crippen LogP contribution in [0.2, 0.25) is 0 Å². The van der Waals surface area contributed by atoms with Crippen molar-refractivity contribution in [3.8, 4) is 5.75 Å². The van der Waals surface area contributed by atoms with Gasteiger partial charge in [-0.3, -0.25) is 10.1 Å². The predicted molar refractivity (Wildman–Crippen MR) is 135 cm³/mol. The van der Waals surface area contributed by atoms with Crippen LogP contribution in [-0.2, 0) is 14.8 Å². The van der Waals surface area contributed by atoms with E-state index in [1.807, 2.05) is 6.92 Å². The van der Waals surface area contributed by atoms with E-state index in [4.69, 9.17) is 4.74 Å². The lowest BCUT2D eigenvalue weighted by atomic mass is 9.83. The van der Waals surface area contributed by atoms with Gasteiger partial charge in [-0.1, -0.05) is 50.3 Å². The highest BCUT2D eigenvalue weighted by Gasteiger charge is 2.32. The van der Waals surface area contributed by atoms with Crippen LogP contribution in [0.4, 0.5) is 0 Å². The zero-order valence-corrected chi connectivity index (χ0v) is 21.2. The fraction of sp³-hybridized carbons (Fsp3) is 0.423. The van der Waals surface area contributed by atoms with E-state index in [0.29, 0.717) is 28.6 Å². The number of aldehydes is 1. The van der Waals surface area contributed by atoms with Crippen molar-refractivity contribution in [3.05, 3.63) is 69.9 Å². The van der Waals surface area contributed by atoms with Gasteiger partial charge in [0, 0.05) is 22.4 Å². The van der Waals surface area contributed by atoms with E-state index in [2.05, 4.69) is 6.92 Å². The molecular formula is C26H32N2O6S. The lowest BCUT2D eigenvalue weighted by Crippen LogP contribution is -2.22. The molecule has 35 heavy (non-hydrogen) atoms. The van der Waals surface area contributed by atoms with E-state index < -0.39 is 33.3 Å². The molecule has 3 aromatic rings. The van der Waals surface area contributed by atoms with Gasteiger partial charge < -0.3 is 9.53 Å². The quantitative estimate of drug-likeness (QED) is 0.136. The third kappa shape index (κ3) is 5.90. The van der Waals surface area contributed by atoms with Crippen molar-refractivity contribution in [1.82, 2.24) is 3.97 Å². The van der Waals surface area contributed by atoms with Gasteiger partial charge in [0.05, 0.1) is 23.4 Å². The molecule has 2 aromatic carbocycles. The zero-order chi connectivity index (χ0) is 25.6. The Morgan fingerprint density at radius 2 is 1.83 bits per heavy atom. The van der Waals surface area contributed by atoms with Gasteiger partial charge in [-0.15, -0.1) is 0 Å². The minimum absolute atomic E-state index is 0.111. The van der Waals surface area contributed by atoms with Gasteiger partial charge >= 0.3 is 0 Å². The first-order valence-electron chi connectivity index (χ1n) is 11.8. The maximum Gasteiger partial charge on any atom is 0.268 e. The first-order chi connectivity index (χ1) is 16.7. The number of benzene rings is 2. The third-order valence-electron chi connectivity index (χ3n) is 6.41. The van der Waals surface area contributed by atoms with Crippen LogP contribution in [0.15, 0.2) is 53.6 Å². The Morgan fingerprint density at radius 1 is 1.11 bits per heavy atom. The van der Waals surface area contributed by atoms with Crippen molar-refractivity contribution in [2.75, 3.05) is 13.7 Å². The summed E-state index contributed by atoms with van der Waals surface area (Å²) >= 11 is 0. The number of fused-ring (bicyclic) bond motifs is 1. The van der Waals surface area contributed by atoms with Crippen LogP contribution in [0.3, 0.4) is 0 Å². The highest BCUT2D eigenvalue weighted by Crippen LogP contribution is 2.37. The Morgan fingerprint density at radius 3 is 2.43 bits per heavy atom. The van der Waals surface area contributed by atoms with Gasteiger partial charge in [-0.25, -0.2) is 12.4 Å². The average Bonchev–Trinajstić information content (AvgIpc) is 3.22. The third-order valence-corrected chi connectivity index (χ3v) is 8.10. The molecule has 0 spiro atoms. The molecule has 0 unspecified atom stereocenters. The maximum absolute atomic E-state index is 13.6. The molecule has 188 valence electrons. The van der Waals surface area contributed by atoms with E-state index in [9.17, 15) is 23.3 Å². The van der Waals surface area contributed by atoms with Gasteiger partial charge in [0.2, 0.25) is 6.54 Å². The fourth-order valence-corrected chi connectivity index (χ4v) is 5.82. The van der Waals surface area contributed by atoms with E-state index in [-0.39, 0.29) is 4.90 Å². The number of methoxy groups -OCH3 is 1. The number of nitrogens with zero attached hydrogens (tertiary/aromatic N) is 2. The lowest BCUT2D eigenvalue weighted by Gasteiger charge is -2.19. The number of rotatable bonds is 13. The largest absolute Gasteiger partial charge is 0.497 e. The molecule has 0 fully saturated rings. The highest BCUT2D eigenvalue weighted by molar-refractivity contribution is 7.90. The number of ether oxygens (including phenoxy) is 1. The molecule has 0 saturated carbocycles. The Labute approximate surface area is 206 Å². The molecule has 0 N–H and O–H groups in total. The molecule has 0 aliphatic rings. The molecule has 0 amide bonds.